The van der Waals surface area contributed by atoms with Crippen LogP contribution in [0.1, 0.15) is 12.5 Å². The number of carbonyl (C=O) groups excluding carboxylic acids is 1. The maximum Gasteiger partial charge on any atom is 0.226 e. The van der Waals surface area contributed by atoms with Gasteiger partial charge in [0.15, 0.2) is 17.0 Å². The Bertz CT molecular complexity index is 934. The van der Waals surface area contributed by atoms with Gasteiger partial charge in [-0.2, -0.15) is 0 Å². The number of rotatable bonds is 5. The number of hydrogen-bond donors (Lipinski definition) is 1. The first-order valence-corrected chi connectivity index (χ1v) is 8.47. The summed E-state index contributed by atoms with van der Waals surface area (Å²) in [5.41, 5.74) is 2.21. The fourth-order valence-electron chi connectivity index (χ4n) is 2.98. The van der Waals surface area contributed by atoms with Gasteiger partial charge in [-0.3, -0.25) is 4.79 Å². The fraction of sp³-hybridized carbons (Fsp3) is 0.353. The Balaban J connectivity index is 1.37. The Labute approximate surface area is 149 Å². The van der Waals surface area contributed by atoms with E-state index in [0.29, 0.717) is 43.2 Å². The molecule has 0 saturated carbocycles. The molecule has 1 aliphatic rings. The minimum Gasteiger partial charge on any atom is -0.353 e. The van der Waals surface area contributed by atoms with Gasteiger partial charge in [-0.05, 0) is 24.6 Å². The number of anilines is 1. The van der Waals surface area contributed by atoms with E-state index in [9.17, 15) is 9.18 Å². The van der Waals surface area contributed by atoms with E-state index in [1.165, 1.54) is 18.5 Å². The van der Waals surface area contributed by atoms with Crippen molar-refractivity contribution in [2.45, 2.75) is 20.0 Å². The highest BCUT2D eigenvalue weighted by molar-refractivity contribution is 5.86. The molecule has 4 rings (SSSR count). The second-order valence-corrected chi connectivity index (χ2v) is 6.22. The zero-order valence-corrected chi connectivity index (χ0v) is 14.3. The number of halogens is 1. The second-order valence-electron chi connectivity index (χ2n) is 6.22. The van der Waals surface area contributed by atoms with Gasteiger partial charge in [0.1, 0.15) is 12.1 Å². The van der Waals surface area contributed by atoms with Crippen molar-refractivity contribution >= 4 is 22.9 Å². The lowest BCUT2D eigenvalue weighted by molar-refractivity contribution is -0.125. The first kappa shape index (κ1) is 16.4. The van der Waals surface area contributed by atoms with Crippen LogP contribution in [0.3, 0.4) is 0 Å². The molecule has 1 aliphatic heterocycles. The first-order valence-electron chi connectivity index (χ1n) is 8.47. The molecule has 2 aromatic heterocycles. The van der Waals surface area contributed by atoms with Gasteiger partial charge in [0, 0.05) is 26.2 Å². The minimum atomic E-state index is -0.286. The Morgan fingerprint density at radius 2 is 2.04 bits per heavy atom. The van der Waals surface area contributed by atoms with Crippen LogP contribution in [-0.2, 0) is 17.9 Å². The van der Waals surface area contributed by atoms with Crippen LogP contribution >= 0.6 is 0 Å². The highest BCUT2D eigenvalue weighted by atomic mass is 19.1. The summed E-state index contributed by atoms with van der Waals surface area (Å²) in [7, 11) is 0. The molecule has 0 radical (unpaired) electrons. The van der Waals surface area contributed by atoms with Gasteiger partial charge in [-0.15, -0.1) is 5.10 Å². The van der Waals surface area contributed by atoms with Crippen molar-refractivity contribution in [2.24, 2.45) is 5.92 Å². The third kappa shape index (κ3) is 2.96. The molecule has 9 heteroatoms. The topological polar surface area (TPSA) is 88.8 Å². The summed E-state index contributed by atoms with van der Waals surface area (Å²) in [6.45, 7) is 4.18. The number of benzene rings is 1. The summed E-state index contributed by atoms with van der Waals surface area (Å²) in [5, 5.41) is 11.1. The van der Waals surface area contributed by atoms with Crippen molar-refractivity contribution in [3.8, 4) is 0 Å². The predicted octanol–water partition coefficient (Wildman–Crippen LogP) is 1.13. The van der Waals surface area contributed by atoms with Crippen molar-refractivity contribution in [3.63, 3.8) is 0 Å². The zero-order chi connectivity index (χ0) is 18.1. The van der Waals surface area contributed by atoms with Crippen LogP contribution in [0.4, 0.5) is 10.2 Å². The van der Waals surface area contributed by atoms with Gasteiger partial charge in [0.2, 0.25) is 5.91 Å². The third-order valence-electron chi connectivity index (χ3n) is 4.51. The van der Waals surface area contributed by atoms with E-state index < -0.39 is 0 Å². The molecule has 0 aliphatic carbocycles. The molecule has 0 atom stereocenters. The number of hydrogen-bond acceptors (Lipinski definition) is 6. The smallest absolute Gasteiger partial charge is 0.226 e. The Morgan fingerprint density at radius 1 is 1.27 bits per heavy atom. The SMILES string of the molecule is CCn1nnc2c(N3CC(C(=O)NCc4ccc(F)cc4)C3)ncnc21. The predicted molar refractivity (Wildman–Crippen MR) is 92.7 cm³/mol. The number of amides is 1. The van der Waals surface area contributed by atoms with Crippen molar-refractivity contribution in [1.82, 2.24) is 30.3 Å². The largest absolute Gasteiger partial charge is 0.353 e. The lowest BCUT2D eigenvalue weighted by Gasteiger charge is -2.38. The molecular formula is C17H18FN7O. The van der Waals surface area contributed by atoms with E-state index in [2.05, 4.69) is 25.6 Å². The average molecular weight is 355 g/mol. The molecule has 1 saturated heterocycles. The lowest BCUT2D eigenvalue weighted by atomic mass is 9.99. The number of carbonyl (C=O) groups is 1. The molecule has 1 aromatic carbocycles. The van der Waals surface area contributed by atoms with Crippen molar-refractivity contribution in [2.75, 3.05) is 18.0 Å². The van der Waals surface area contributed by atoms with Gasteiger partial charge in [-0.25, -0.2) is 19.0 Å². The van der Waals surface area contributed by atoms with Crippen LogP contribution in [-0.4, -0.2) is 44.0 Å². The number of nitrogens with zero attached hydrogens (tertiary/aromatic N) is 6. The van der Waals surface area contributed by atoms with E-state index in [1.54, 1.807) is 16.8 Å². The molecule has 0 bridgehead atoms. The van der Waals surface area contributed by atoms with E-state index in [-0.39, 0.29) is 17.6 Å². The molecule has 8 nitrogen and oxygen atoms in total. The number of aromatic nitrogens is 5. The highest BCUT2D eigenvalue weighted by Gasteiger charge is 2.35. The van der Waals surface area contributed by atoms with Crippen LogP contribution in [0, 0.1) is 11.7 Å². The zero-order valence-electron chi connectivity index (χ0n) is 14.3. The Hall–Kier alpha value is -3.10. The van der Waals surface area contributed by atoms with Gasteiger partial charge in [0.05, 0.1) is 5.92 Å². The first-order chi connectivity index (χ1) is 12.7. The summed E-state index contributed by atoms with van der Waals surface area (Å²) >= 11 is 0. The van der Waals surface area contributed by atoms with Gasteiger partial charge in [0.25, 0.3) is 0 Å². The van der Waals surface area contributed by atoms with Gasteiger partial charge < -0.3 is 10.2 Å². The second kappa shape index (κ2) is 6.66. The average Bonchev–Trinajstić information content (AvgIpc) is 3.04. The van der Waals surface area contributed by atoms with Crippen LogP contribution in [0.5, 0.6) is 0 Å². The lowest BCUT2D eigenvalue weighted by Crippen LogP contribution is -2.54. The molecule has 1 fully saturated rings. The number of nitrogens with one attached hydrogen (secondary N) is 1. The molecule has 3 aromatic rings. The molecule has 1 amide bonds. The summed E-state index contributed by atoms with van der Waals surface area (Å²) in [5.74, 6) is 0.290. The molecule has 1 N–H and O–H groups in total. The number of fused-ring (bicyclic) bond motifs is 1. The minimum absolute atomic E-state index is 0.0203. The summed E-state index contributed by atoms with van der Waals surface area (Å²) < 4.78 is 14.6. The molecule has 26 heavy (non-hydrogen) atoms. The van der Waals surface area contributed by atoms with E-state index >= 15 is 0 Å². The number of aryl methyl sites for hydroxylation is 1. The van der Waals surface area contributed by atoms with Gasteiger partial charge >= 0.3 is 0 Å². The van der Waals surface area contributed by atoms with Crippen molar-refractivity contribution in [1.29, 1.82) is 0 Å². The Morgan fingerprint density at radius 3 is 2.77 bits per heavy atom. The summed E-state index contributed by atoms with van der Waals surface area (Å²) in [4.78, 5) is 22.8. The third-order valence-corrected chi connectivity index (χ3v) is 4.51. The highest BCUT2D eigenvalue weighted by Crippen LogP contribution is 2.27. The van der Waals surface area contributed by atoms with Crippen LogP contribution in [0.2, 0.25) is 0 Å². The van der Waals surface area contributed by atoms with Crippen LogP contribution in [0.15, 0.2) is 30.6 Å². The van der Waals surface area contributed by atoms with Gasteiger partial charge in [-0.1, -0.05) is 17.3 Å². The van der Waals surface area contributed by atoms with Crippen LogP contribution in [0.25, 0.3) is 11.2 Å². The van der Waals surface area contributed by atoms with E-state index in [4.69, 9.17) is 0 Å². The Kier molecular flexibility index (Phi) is 4.19. The maximum absolute atomic E-state index is 12.9. The molecule has 0 spiro atoms. The van der Waals surface area contributed by atoms with Crippen molar-refractivity contribution in [3.05, 3.63) is 42.0 Å². The summed E-state index contributed by atoms with van der Waals surface area (Å²) in [6, 6.07) is 6.10. The van der Waals surface area contributed by atoms with Crippen LogP contribution < -0.4 is 10.2 Å². The monoisotopic (exact) mass is 355 g/mol. The van der Waals surface area contributed by atoms with E-state index in [0.717, 1.165) is 5.56 Å². The molecule has 0 unspecified atom stereocenters. The molecular weight excluding hydrogens is 337 g/mol. The quantitative estimate of drug-likeness (QED) is 0.738. The summed E-state index contributed by atoms with van der Waals surface area (Å²) in [6.07, 6.45) is 1.50. The van der Waals surface area contributed by atoms with Crippen molar-refractivity contribution < 1.29 is 9.18 Å². The van der Waals surface area contributed by atoms with E-state index in [1.807, 2.05) is 11.8 Å². The molecule has 3 heterocycles. The fourth-order valence-corrected chi connectivity index (χ4v) is 2.98. The standard InChI is InChI=1S/C17H18FN7O/c1-2-25-16-14(22-23-25)15(20-10-21-16)24-8-12(9-24)17(26)19-7-11-3-5-13(18)6-4-11/h3-6,10,12H,2,7-9H2,1H3,(H,19,26). The maximum atomic E-state index is 12.9. The normalized spacial score (nSPS) is 14.5. The molecule has 134 valence electrons.